The molecule has 0 radical (unpaired) electrons. The van der Waals surface area contributed by atoms with Gasteiger partial charge in [0.15, 0.2) is 5.78 Å². The number of urea groups is 1. The summed E-state index contributed by atoms with van der Waals surface area (Å²) in [5, 5.41) is 2.82. The fourth-order valence-corrected chi connectivity index (χ4v) is 2.64. The minimum atomic E-state index is -0.530. The van der Waals surface area contributed by atoms with E-state index in [0.717, 1.165) is 0 Å². The molecule has 1 aromatic rings. The number of Topliss-reactive ketones (excluding diaryl/α,β-unsaturated/α-hetero) is 1. The van der Waals surface area contributed by atoms with Crippen molar-refractivity contribution in [3.63, 3.8) is 0 Å². The average Bonchev–Trinajstić information content (AvgIpc) is 2.76. The van der Waals surface area contributed by atoms with Gasteiger partial charge in [-0.15, -0.1) is 0 Å². The Morgan fingerprint density at radius 1 is 1.20 bits per heavy atom. The van der Waals surface area contributed by atoms with E-state index in [0.29, 0.717) is 16.8 Å². The molecule has 0 saturated heterocycles. The number of methoxy groups -OCH3 is 1. The van der Waals surface area contributed by atoms with E-state index < -0.39 is 11.5 Å². The summed E-state index contributed by atoms with van der Waals surface area (Å²) in [4.78, 5) is 41.5. The van der Waals surface area contributed by atoms with Crippen molar-refractivity contribution in [3.8, 4) is 0 Å². The number of aromatic nitrogens is 1. The van der Waals surface area contributed by atoms with Crippen LogP contribution in [0.5, 0.6) is 0 Å². The number of carbonyl (C=O) groups excluding carboxylic acids is 3. The Morgan fingerprint density at radius 3 is 2.20 bits per heavy atom. The number of aromatic amines is 1. The van der Waals surface area contributed by atoms with Crippen molar-refractivity contribution in [3.05, 3.63) is 22.5 Å². The number of nitrogens with zero attached hydrogens (tertiary/aromatic N) is 1. The molecule has 0 saturated carbocycles. The molecule has 0 aromatic carbocycles. The van der Waals surface area contributed by atoms with Gasteiger partial charge in [0.05, 0.1) is 13.7 Å². The summed E-state index contributed by atoms with van der Waals surface area (Å²) in [6, 6.07) is -0.330. The molecule has 140 valence electrons. The Kier molecular flexibility index (Phi) is 6.40. The van der Waals surface area contributed by atoms with E-state index in [2.05, 4.69) is 10.3 Å². The largest absolute Gasteiger partial charge is 0.464 e. The Labute approximate surface area is 149 Å². The van der Waals surface area contributed by atoms with Crippen LogP contribution in [-0.2, 0) is 4.74 Å². The van der Waals surface area contributed by atoms with E-state index in [9.17, 15) is 14.4 Å². The lowest BCUT2D eigenvalue weighted by Gasteiger charge is -2.35. The van der Waals surface area contributed by atoms with Crippen LogP contribution < -0.4 is 5.32 Å². The van der Waals surface area contributed by atoms with Crippen LogP contribution in [0.2, 0.25) is 0 Å². The van der Waals surface area contributed by atoms with Gasteiger partial charge in [-0.05, 0) is 54.0 Å². The molecule has 0 spiro atoms. The molecule has 7 nitrogen and oxygen atoms in total. The van der Waals surface area contributed by atoms with Crippen molar-refractivity contribution >= 4 is 17.8 Å². The number of amides is 2. The summed E-state index contributed by atoms with van der Waals surface area (Å²) in [6.45, 7) is 12.7. The summed E-state index contributed by atoms with van der Waals surface area (Å²) in [7, 11) is 1.29. The Bertz CT molecular complexity index is 669. The molecule has 0 fully saturated rings. The SMILES string of the molecule is COC(=O)c1[nH]c(C)c(C(=O)CN(C(=O)NC(C)C)C(C)(C)C)c1C. The first-order valence-corrected chi connectivity index (χ1v) is 8.29. The summed E-state index contributed by atoms with van der Waals surface area (Å²) in [5.41, 5.74) is 1.27. The minimum Gasteiger partial charge on any atom is -0.464 e. The molecule has 1 rings (SSSR count). The van der Waals surface area contributed by atoms with E-state index in [1.54, 1.807) is 13.8 Å². The second-order valence-electron chi connectivity index (χ2n) is 7.40. The van der Waals surface area contributed by atoms with Crippen molar-refractivity contribution < 1.29 is 19.1 Å². The average molecular weight is 351 g/mol. The fourth-order valence-electron chi connectivity index (χ4n) is 2.64. The summed E-state index contributed by atoms with van der Waals surface area (Å²) < 4.78 is 4.73. The molecule has 0 unspecified atom stereocenters. The van der Waals surface area contributed by atoms with Crippen molar-refractivity contribution in [2.45, 2.75) is 60.0 Å². The smallest absolute Gasteiger partial charge is 0.354 e. The molecule has 2 N–H and O–H groups in total. The zero-order valence-corrected chi connectivity index (χ0v) is 16.4. The maximum absolute atomic E-state index is 12.9. The number of esters is 1. The number of hydrogen-bond donors (Lipinski definition) is 2. The van der Waals surface area contributed by atoms with Crippen LogP contribution in [0.15, 0.2) is 0 Å². The van der Waals surface area contributed by atoms with E-state index in [1.807, 2.05) is 34.6 Å². The van der Waals surface area contributed by atoms with Gasteiger partial charge < -0.3 is 19.9 Å². The van der Waals surface area contributed by atoms with Crippen LogP contribution in [0.25, 0.3) is 0 Å². The van der Waals surface area contributed by atoms with Gasteiger partial charge >= 0.3 is 12.0 Å². The first-order valence-electron chi connectivity index (χ1n) is 8.29. The van der Waals surface area contributed by atoms with Crippen molar-refractivity contribution in [2.75, 3.05) is 13.7 Å². The van der Waals surface area contributed by atoms with Crippen LogP contribution in [0.1, 0.15) is 66.7 Å². The summed E-state index contributed by atoms with van der Waals surface area (Å²) in [5.74, 6) is -0.750. The predicted octanol–water partition coefficient (Wildman–Crippen LogP) is 2.82. The number of carbonyl (C=O) groups is 3. The molecule has 0 atom stereocenters. The van der Waals surface area contributed by atoms with Gasteiger partial charge in [-0.2, -0.15) is 0 Å². The van der Waals surface area contributed by atoms with Crippen molar-refractivity contribution in [1.82, 2.24) is 15.2 Å². The Morgan fingerprint density at radius 2 is 1.76 bits per heavy atom. The molecular formula is C18H29N3O4. The van der Waals surface area contributed by atoms with Crippen molar-refractivity contribution in [2.24, 2.45) is 0 Å². The highest BCUT2D eigenvalue weighted by Gasteiger charge is 2.31. The summed E-state index contributed by atoms with van der Waals surface area (Å²) >= 11 is 0. The monoisotopic (exact) mass is 351 g/mol. The molecule has 0 bridgehead atoms. The normalized spacial score (nSPS) is 11.4. The Balaban J connectivity index is 3.16. The maximum Gasteiger partial charge on any atom is 0.354 e. The van der Waals surface area contributed by atoms with Gasteiger partial charge in [0.2, 0.25) is 0 Å². The summed E-state index contributed by atoms with van der Waals surface area (Å²) in [6.07, 6.45) is 0. The van der Waals surface area contributed by atoms with Crippen LogP contribution in [0.4, 0.5) is 4.79 Å². The number of ether oxygens (including phenoxy) is 1. The second kappa shape index (κ2) is 7.72. The lowest BCUT2D eigenvalue weighted by molar-refractivity contribution is 0.0593. The lowest BCUT2D eigenvalue weighted by atomic mass is 10.0. The number of ketones is 1. The molecule has 25 heavy (non-hydrogen) atoms. The second-order valence-corrected chi connectivity index (χ2v) is 7.40. The molecule has 2 amide bonds. The number of hydrogen-bond acceptors (Lipinski definition) is 4. The molecule has 0 aliphatic rings. The quantitative estimate of drug-likeness (QED) is 0.630. The molecule has 1 aromatic heterocycles. The number of H-pyrrole nitrogens is 1. The van der Waals surface area contributed by atoms with Crippen LogP contribution in [0.3, 0.4) is 0 Å². The first kappa shape index (κ1) is 20.7. The standard InChI is InChI=1S/C18H29N3O4/c1-10(2)19-17(24)21(18(5,6)7)9-13(22)14-11(3)15(16(23)25-8)20-12(14)4/h10,20H,9H2,1-8H3,(H,19,24). The third kappa shape index (κ3) is 4.84. The van der Waals surface area contributed by atoms with E-state index in [4.69, 9.17) is 4.74 Å². The van der Waals surface area contributed by atoms with Gasteiger partial charge in [0, 0.05) is 22.8 Å². The highest BCUT2D eigenvalue weighted by atomic mass is 16.5. The lowest BCUT2D eigenvalue weighted by Crippen LogP contribution is -2.53. The molecule has 7 heteroatoms. The highest BCUT2D eigenvalue weighted by Crippen LogP contribution is 2.21. The van der Waals surface area contributed by atoms with Gasteiger partial charge in [0.1, 0.15) is 5.69 Å². The number of rotatable bonds is 5. The zero-order valence-electron chi connectivity index (χ0n) is 16.4. The van der Waals surface area contributed by atoms with Crippen LogP contribution in [-0.4, -0.2) is 52.9 Å². The van der Waals surface area contributed by atoms with E-state index in [1.165, 1.54) is 12.0 Å². The van der Waals surface area contributed by atoms with Crippen molar-refractivity contribution in [1.29, 1.82) is 0 Å². The van der Waals surface area contributed by atoms with E-state index in [-0.39, 0.29) is 30.1 Å². The Hall–Kier alpha value is -2.31. The number of aryl methyl sites for hydroxylation is 1. The zero-order chi connectivity index (χ0) is 19.5. The third-order valence-electron chi connectivity index (χ3n) is 3.87. The van der Waals surface area contributed by atoms with Gasteiger partial charge in [-0.3, -0.25) is 4.79 Å². The van der Waals surface area contributed by atoms with Crippen LogP contribution in [0, 0.1) is 13.8 Å². The fraction of sp³-hybridized carbons (Fsp3) is 0.611. The first-order chi connectivity index (χ1) is 11.4. The molecule has 0 aliphatic carbocycles. The predicted molar refractivity (Wildman–Crippen MR) is 96.1 cm³/mol. The van der Waals surface area contributed by atoms with E-state index >= 15 is 0 Å². The molecule has 1 heterocycles. The van der Waals surface area contributed by atoms with Gasteiger partial charge in [-0.25, -0.2) is 9.59 Å². The minimum absolute atomic E-state index is 0.0332. The topological polar surface area (TPSA) is 91.5 Å². The van der Waals surface area contributed by atoms with Gasteiger partial charge in [-0.1, -0.05) is 0 Å². The molecule has 0 aliphatic heterocycles. The number of nitrogens with one attached hydrogen (secondary N) is 2. The maximum atomic E-state index is 12.9. The third-order valence-corrected chi connectivity index (χ3v) is 3.87. The van der Waals surface area contributed by atoms with Gasteiger partial charge in [0.25, 0.3) is 0 Å². The van der Waals surface area contributed by atoms with Crippen LogP contribution >= 0.6 is 0 Å². The molecular weight excluding hydrogens is 322 g/mol. The highest BCUT2D eigenvalue weighted by molar-refractivity contribution is 6.04.